The summed E-state index contributed by atoms with van der Waals surface area (Å²) in [7, 11) is 2.15. The lowest BCUT2D eigenvalue weighted by Crippen LogP contribution is -2.43. The first-order valence-electron chi connectivity index (χ1n) is 16.7. The number of ether oxygens (including phenoxy) is 3. The number of aliphatic carboxylic acids is 1. The van der Waals surface area contributed by atoms with Crippen LogP contribution in [0.2, 0.25) is 0 Å². The van der Waals surface area contributed by atoms with Crippen molar-refractivity contribution in [1.29, 1.82) is 0 Å². The average molecular weight is 667 g/mol. The number of aliphatic hydroxyl groups is 2. The van der Waals surface area contributed by atoms with E-state index >= 15 is 0 Å². The Kier molecular flexibility index (Phi) is 10.8. The zero-order chi connectivity index (χ0) is 34.3. The van der Waals surface area contributed by atoms with Crippen molar-refractivity contribution >= 4 is 23.3 Å². The predicted octanol–water partition coefficient (Wildman–Crippen LogP) is 5.89. The Morgan fingerprint density at radius 3 is 1.98 bits per heavy atom. The van der Waals surface area contributed by atoms with E-state index in [1.54, 1.807) is 36.4 Å². The fourth-order valence-corrected chi connectivity index (χ4v) is 6.77. The number of rotatable bonds is 10. The second-order valence-corrected chi connectivity index (χ2v) is 12.6. The first kappa shape index (κ1) is 34.0. The standard InChI is InChI=1S/C23H21NO5.C16H21NO3/c25-20(23(26)27)15-16-9-11-17(12-10-16)28-14-13-24-18-5-1-3-7-21(18)29-22-8-4-2-6-19(22)24;1-17-12-7-8-13(17)10-14(9-12)20-16(19)15(18)11-5-3-2-4-6-11/h1-12,20,25H,13-15H2,(H,26,27);2-6,12-15,18H,7-10H2,1H3/t;12-,13+,14+,15?. The largest absolute Gasteiger partial charge is 0.492 e. The van der Waals surface area contributed by atoms with Gasteiger partial charge in [-0.3, -0.25) is 0 Å². The highest BCUT2D eigenvalue weighted by Gasteiger charge is 2.40. The van der Waals surface area contributed by atoms with Crippen LogP contribution in [0, 0.1) is 0 Å². The summed E-state index contributed by atoms with van der Waals surface area (Å²) < 4.78 is 17.4. The molecule has 10 nitrogen and oxygen atoms in total. The summed E-state index contributed by atoms with van der Waals surface area (Å²) in [5.74, 6) is 0.565. The van der Waals surface area contributed by atoms with E-state index in [0.717, 1.165) is 41.3 Å². The quantitative estimate of drug-likeness (QED) is 0.176. The normalized spacial score (nSPS) is 20.4. The van der Waals surface area contributed by atoms with E-state index in [-0.39, 0.29) is 12.5 Å². The van der Waals surface area contributed by atoms with Gasteiger partial charge in [0.1, 0.15) is 18.5 Å². The molecule has 0 aliphatic carbocycles. The van der Waals surface area contributed by atoms with Gasteiger partial charge in [-0.25, -0.2) is 9.59 Å². The van der Waals surface area contributed by atoms with Crippen LogP contribution in [-0.2, 0) is 20.7 Å². The molecule has 0 aromatic heterocycles. The first-order valence-corrected chi connectivity index (χ1v) is 16.7. The highest BCUT2D eigenvalue weighted by Crippen LogP contribution is 2.46. The molecule has 49 heavy (non-hydrogen) atoms. The van der Waals surface area contributed by atoms with Gasteiger partial charge in [0, 0.05) is 18.5 Å². The average Bonchev–Trinajstić information content (AvgIpc) is 3.31. The lowest BCUT2D eigenvalue weighted by atomic mass is 10.0. The van der Waals surface area contributed by atoms with Gasteiger partial charge in [-0.15, -0.1) is 0 Å². The molecule has 0 spiro atoms. The molecule has 0 radical (unpaired) electrons. The molecule has 7 rings (SSSR count). The van der Waals surface area contributed by atoms with Gasteiger partial charge in [0.2, 0.25) is 0 Å². The number of piperidine rings is 1. The molecule has 0 amide bonds. The van der Waals surface area contributed by atoms with Crippen LogP contribution in [0.15, 0.2) is 103 Å². The molecule has 3 N–H and O–H groups in total. The molecule has 0 saturated carbocycles. The number of carboxylic acid groups (broad SMARTS) is 1. The summed E-state index contributed by atoms with van der Waals surface area (Å²) in [6.07, 6.45) is 1.61. The molecule has 4 aromatic carbocycles. The van der Waals surface area contributed by atoms with Gasteiger partial charge in [-0.05, 0) is 80.3 Å². The summed E-state index contributed by atoms with van der Waals surface area (Å²) in [6.45, 7) is 1.09. The summed E-state index contributed by atoms with van der Waals surface area (Å²) in [6, 6.07) is 32.9. The van der Waals surface area contributed by atoms with Crippen LogP contribution >= 0.6 is 0 Å². The van der Waals surface area contributed by atoms with E-state index in [9.17, 15) is 19.8 Å². The summed E-state index contributed by atoms with van der Waals surface area (Å²) in [5.41, 5.74) is 3.32. The summed E-state index contributed by atoms with van der Waals surface area (Å²) in [4.78, 5) is 27.4. The van der Waals surface area contributed by atoms with E-state index in [1.165, 1.54) is 12.8 Å². The first-order chi connectivity index (χ1) is 23.8. The van der Waals surface area contributed by atoms with Gasteiger partial charge in [0.25, 0.3) is 0 Å². The number of aliphatic hydroxyl groups excluding tert-OH is 2. The minimum absolute atomic E-state index is 0.0467. The van der Waals surface area contributed by atoms with Crippen molar-refractivity contribution in [2.24, 2.45) is 0 Å². The Hall–Kier alpha value is -4.90. The third-order valence-electron chi connectivity index (χ3n) is 9.43. The molecule has 3 aliphatic rings. The summed E-state index contributed by atoms with van der Waals surface area (Å²) >= 11 is 0. The molecule has 3 heterocycles. The van der Waals surface area contributed by atoms with Crippen LogP contribution in [0.3, 0.4) is 0 Å². The van der Waals surface area contributed by atoms with Crippen molar-refractivity contribution in [3.63, 3.8) is 0 Å². The van der Waals surface area contributed by atoms with Crippen molar-refractivity contribution in [3.8, 4) is 17.2 Å². The Morgan fingerprint density at radius 1 is 0.816 bits per heavy atom. The van der Waals surface area contributed by atoms with Crippen molar-refractivity contribution in [2.75, 3.05) is 25.1 Å². The maximum atomic E-state index is 12.0. The topological polar surface area (TPSA) is 129 Å². The Labute approximate surface area is 286 Å². The third-order valence-corrected chi connectivity index (χ3v) is 9.43. The zero-order valence-corrected chi connectivity index (χ0v) is 27.4. The van der Waals surface area contributed by atoms with Crippen molar-refractivity contribution in [2.45, 2.75) is 62.5 Å². The minimum Gasteiger partial charge on any atom is -0.492 e. The number of hydrogen-bond acceptors (Lipinski definition) is 9. The van der Waals surface area contributed by atoms with E-state index in [4.69, 9.17) is 19.3 Å². The van der Waals surface area contributed by atoms with Gasteiger partial charge in [0.15, 0.2) is 23.7 Å². The van der Waals surface area contributed by atoms with Crippen molar-refractivity contribution in [1.82, 2.24) is 4.90 Å². The van der Waals surface area contributed by atoms with Crippen LogP contribution in [0.25, 0.3) is 0 Å². The van der Waals surface area contributed by atoms with E-state index in [0.29, 0.717) is 36.5 Å². The van der Waals surface area contributed by atoms with Crippen LogP contribution < -0.4 is 14.4 Å². The summed E-state index contributed by atoms with van der Waals surface area (Å²) in [5, 5.41) is 28.3. The van der Waals surface area contributed by atoms with Crippen LogP contribution in [0.5, 0.6) is 17.2 Å². The van der Waals surface area contributed by atoms with Crippen LogP contribution in [0.1, 0.15) is 42.9 Å². The van der Waals surface area contributed by atoms with Crippen molar-refractivity contribution < 1.29 is 39.1 Å². The second kappa shape index (κ2) is 15.5. The Bertz CT molecular complexity index is 1660. The Morgan fingerprint density at radius 2 is 1.39 bits per heavy atom. The fraction of sp³-hybridized carbons (Fsp3) is 0.333. The van der Waals surface area contributed by atoms with Gasteiger partial charge in [0.05, 0.1) is 17.9 Å². The number of anilines is 2. The highest BCUT2D eigenvalue weighted by atomic mass is 16.6. The molecule has 2 unspecified atom stereocenters. The molecule has 4 aromatic rings. The second-order valence-electron chi connectivity index (χ2n) is 12.6. The van der Waals surface area contributed by atoms with Crippen LogP contribution in [-0.4, -0.2) is 76.6 Å². The number of benzene rings is 4. The molecular weight excluding hydrogens is 624 g/mol. The number of carboxylic acids is 1. The molecule has 5 atom stereocenters. The molecule has 3 aliphatic heterocycles. The molecular formula is C39H42N2O8. The molecule has 256 valence electrons. The maximum absolute atomic E-state index is 12.0. The van der Waals surface area contributed by atoms with Gasteiger partial charge < -0.3 is 39.3 Å². The van der Waals surface area contributed by atoms with Crippen LogP contribution in [0.4, 0.5) is 11.4 Å². The zero-order valence-electron chi connectivity index (χ0n) is 27.4. The van der Waals surface area contributed by atoms with Gasteiger partial charge in [-0.1, -0.05) is 66.7 Å². The number of para-hydroxylation sites is 4. The minimum atomic E-state index is -1.40. The lowest BCUT2D eigenvalue weighted by Gasteiger charge is -2.36. The number of carbonyl (C=O) groups excluding carboxylic acids is 1. The number of nitrogens with zero attached hydrogens (tertiary/aromatic N) is 2. The smallest absolute Gasteiger partial charge is 0.339 e. The third kappa shape index (κ3) is 8.22. The lowest BCUT2D eigenvalue weighted by molar-refractivity contribution is -0.162. The van der Waals surface area contributed by atoms with Gasteiger partial charge >= 0.3 is 11.9 Å². The number of carbonyl (C=O) groups is 2. The number of fused-ring (bicyclic) bond motifs is 4. The predicted molar refractivity (Wildman–Crippen MR) is 184 cm³/mol. The molecule has 2 fully saturated rings. The monoisotopic (exact) mass is 666 g/mol. The Balaban J connectivity index is 0.000000182. The van der Waals surface area contributed by atoms with E-state index in [1.807, 2.05) is 66.7 Å². The van der Waals surface area contributed by atoms with Crippen molar-refractivity contribution in [3.05, 3.63) is 114 Å². The SMILES string of the molecule is CN1[C@@H]2CC[C@H]1C[C@@H](OC(=O)C(O)c1ccccc1)C2.O=C(O)C(O)Cc1ccc(OCCN2c3ccccc3Oc3ccccc32)cc1. The molecule has 2 saturated heterocycles. The maximum Gasteiger partial charge on any atom is 0.339 e. The van der Waals surface area contributed by atoms with E-state index < -0.39 is 24.1 Å². The fourth-order valence-electron chi connectivity index (χ4n) is 6.77. The number of esters is 1. The van der Waals surface area contributed by atoms with E-state index in [2.05, 4.69) is 16.8 Å². The molecule has 2 bridgehead atoms. The highest BCUT2D eigenvalue weighted by molar-refractivity contribution is 5.78. The number of hydrogen-bond donors (Lipinski definition) is 3. The van der Waals surface area contributed by atoms with Gasteiger partial charge in [-0.2, -0.15) is 0 Å². The molecule has 10 heteroatoms.